The molecule has 1 aliphatic carbocycles. The molecule has 0 spiro atoms. The van der Waals surface area contributed by atoms with Crippen LogP contribution in [0, 0.1) is 0 Å². The van der Waals surface area contributed by atoms with Crippen LogP contribution >= 0.6 is 0 Å². The summed E-state index contributed by atoms with van der Waals surface area (Å²) in [6.07, 6.45) is -0.0733. The molecule has 2 atom stereocenters. The van der Waals surface area contributed by atoms with Gasteiger partial charge in [0, 0.05) is 19.9 Å². The summed E-state index contributed by atoms with van der Waals surface area (Å²) in [5.74, 6) is -4.04. The number of carbonyl (C=O) groups is 4. The molecule has 21 heavy (non-hydrogen) atoms. The van der Waals surface area contributed by atoms with Crippen molar-refractivity contribution in [3.63, 3.8) is 0 Å². The number of amides is 1. The molecule has 8 heteroatoms. The Kier molecular flexibility index (Phi) is 6.13. The summed E-state index contributed by atoms with van der Waals surface area (Å²) < 4.78 is 9.32. The summed E-state index contributed by atoms with van der Waals surface area (Å²) >= 11 is 0. The van der Waals surface area contributed by atoms with E-state index in [1.165, 1.54) is 0 Å². The topological polar surface area (TPSA) is 119 Å². The number of ether oxygens (including phenoxy) is 2. The van der Waals surface area contributed by atoms with Gasteiger partial charge in [-0.05, 0) is 12.8 Å². The molecule has 0 heterocycles. The van der Waals surface area contributed by atoms with Gasteiger partial charge < -0.3 is 19.9 Å². The average molecular weight is 301 g/mol. The Bertz CT molecular complexity index is 428. The number of carboxylic acid groups (broad SMARTS) is 1. The van der Waals surface area contributed by atoms with E-state index in [2.05, 4.69) is 10.1 Å². The van der Waals surface area contributed by atoms with E-state index in [1.54, 1.807) is 0 Å². The molecule has 0 saturated heterocycles. The molecule has 1 aliphatic rings. The lowest BCUT2D eigenvalue weighted by Gasteiger charge is -2.24. The number of hydrogen-bond donors (Lipinski definition) is 2. The highest BCUT2D eigenvalue weighted by Gasteiger charge is 2.40. The molecule has 2 unspecified atom stereocenters. The predicted molar refractivity (Wildman–Crippen MR) is 69.1 cm³/mol. The van der Waals surface area contributed by atoms with Crippen LogP contribution in [0.5, 0.6) is 0 Å². The third kappa shape index (κ3) is 5.41. The average Bonchev–Trinajstić information content (AvgIpc) is 2.85. The molecule has 0 aromatic carbocycles. The van der Waals surface area contributed by atoms with E-state index >= 15 is 0 Å². The van der Waals surface area contributed by atoms with Crippen molar-refractivity contribution < 1.29 is 33.8 Å². The molecule has 0 aromatic rings. The van der Waals surface area contributed by atoms with Crippen molar-refractivity contribution in [3.8, 4) is 0 Å². The van der Waals surface area contributed by atoms with Gasteiger partial charge in [-0.2, -0.15) is 0 Å². The maximum atomic E-state index is 12.1. The van der Waals surface area contributed by atoms with E-state index in [4.69, 9.17) is 9.84 Å². The van der Waals surface area contributed by atoms with E-state index in [1.807, 2.05) is 0 Å². The normalized spacial score (nSPS) is 17.6. The molecule has 1 amide bonds. The van der Waals surface area contributed by atoms with Gasteiger partial charge in [-0.15, -0.1) is 0 Å². The summed E-state index contributed by atoms with van der Waals surface area (Å²) in [6.45, 7) is 2.05. The van der Waals surface area contributed by atoms with Crippen LogP contribution in [0.15, 0.2) is 0 Å². The SMILES string of the molecule is CC(=O)OC(C(=O)O)C(OC(C)=O)C(=O)NC1CCCC1. The van der Waals surface area contributed by atoms with E-state index < -0.39 is 36.0 Å². The Morgan fingerprint density at radius 1 is 1.00 bits per heavy atom. The summed E-state index contributed by atoms with van der Waals surface area (Å²) in [5, 5.41) is 11.7. The van der Waals surface area contributed by atoms with Crippen molar-refractivity contribution in [1.29, 1.82) is 0 Å². The van der Waals surface area contributed by atoms with E-state index in [9.17, 15) is 19.2 Å². The Balaban J connectivity index is 2.84. The third-order valence-corrected chi connectivity index (χ3v) is 3.06. The lowest BCUT2D eigenvalue weighted by molar-refractivity contribution is -0.180. The highest BCUT2D eigenvalue weighted by Crippen LogP contribution is 2.18. The van der Waals surface area contributed by atoms with Crippen molar-refractivity contribution in [2.45, 2.75) is 57.8 Å². The number of rotatable bonds is 6. The van der Waals surface area contributed by atoms with Gasteiger partial charge in [0.05, 0.1) is 0 Å². The molecular formula is C13H19NO7. The third-order valence-electron chi connectivity index (χ3n) is 3.06. The molecule has 0 radical (unpaired) electrons. The Labute approximate surface area is 121 Å². The van der Waals surface area contributed by atoms with Gasteiger partial charge >= 0.3 is 17.9 Å². The minimum Gasteiger partial charge on any atom is -0.478 e. The van der Waals surface area contributed by atoms with Gasteiger partial charge in [-0.1, -0.05) is 12.8 Å². The van der Waals surface area contributed by atoms with Crippen molar-refractivity contribution in [3.05, 3.63) is 0 Å². The number of carboxylic acids is 1. The zero-order valence-electron chi connectivity index (χ0n) is 12.0. The van der Waals surface area contributed by atoms with Crippen LogP contribution in [0.25, 0.3) is 0 Å². The Morgan fingerprint density at radius 3 is 1.90 bits per heavy atom. The Morgan fingerprint density at radius 2 is 1.48 bits per heavy atom. The first-order chi connectivity index (χ1) is 9.81. The maximum Gasteiger partial charge on any atom is 0.349 e. The maximum absolute atomic E-state index is 12.1. The van der Waals surface area contributed by atoms with Crippen LogP contribution in [-0.4, -0.2) is 47.2 Å². The number of esters is 2. The standard InChI is InChI=1S/C13H19NO7/c1-7(15)20-10(11(13(18)19)21-8(2)16)12(17)14-9-5-3-4-6-9/h9-11H,3-6H2,1-2H3,(H,14,17)(H,18,19). The predicted octanol–water partition coefficient (Wildman–Crippen LogP) is -0.00680. The summed E-state index contributed by atoms with van der Waals surface area (Å²) in [4.78, 5) is 45.3. The highest BCUT2D eigenvalue weighted by molar-refractivity contribution is 5.91. The lowest BCUT2D eigenvalue weighted by atomic mass is 10.1. The van der Waals surface area contributed by atoms with E-state index in [0.29, 0.717) is 0 Å². The van der Waals surface area contributed by atoms with Crippen molar-refractivity contribution in [1.82, 2.24) is 5.32 Å². The van der Waals surface area contributed by atoms with Gasteiger partial charge in [0.15, 0.2) is 0 Å². The molecule has 1 fully saturated rings. The second kappa shape index (κ2) is 7.61. The second-order valence-electron chi connectivity index (χ2n) is 4.89. The van der Waals surface area contributed by atoms with Crippen LogP contribution in [0.1, 0.15) is 39.5 Å². The van der Waals surface area contributed by atoms with E-state index in [-0.39, 0.29) is 6.04 Å². The first kappa shape index (κ1) is 16.9. The molecular weight excluding hydrogens is 282 g/mol. The molecule has 1 saturated carbocycles. The van der Waals surface area contributed by atoms with E-state index in [0.717, 1.165) is 39.5 Å². The number of aliphatic carboxylic acids is 1. The molecule has 0 bridgehead atoms. The summed E-state index contributed by atoms with van der Waals surface area (Å²) in [5.41, 5.74) is 0. The Hall–Kier alpha value is -2.12. The largest absolute Gasteiger partial charge is 0.478 e. The van der Waals surface area contributed by atoms with Crippen molar-refractivity contribution in [2.75, 3.05) is 0 Å². The molecule has 8 nitrogen and oxygen atoms in total. The molecule has 1 rings (SSSR count). The molecule has 0 aromatic heterocycles. The number of carbonyl (C=O) groups excluding carboxylic acids is 3. The van der Waals surface area contributed by atoms with Gasteiger partial charge in [-0.3, -0.25) is 14.4 Å². The van der Waals surface area contributed by atoms with Crippen LogP contribution in [0.2, 0.25) is 0 Å². The quantitative estimate of drug-likeness (QED) is 0.662. The molecule has 118 valence electrons. The second-order valence-corrected chi connectivity index (χ2v) is 4.89. The zero-order valence-corrected chi connectivity index (χ0v) is 12.0. The summed E-state index contributed by atoms with van der Waals surface area (Å²) in [7, 11) is 0. The first-order valence-corrected chi connectivity index (χ1v) is 6.69. The zero-order chi connectivity index (χ0) is 16.0. The van der Waals surface area contributed by atoms with Gasteiger partial charge in [0.25, 0.3) is 5.91 Å². The first-order valence-electron chi connectivity index (χ1n) is 6.69. The number of hydrogen-bond acceptors (Lipinski definition) is 6. The molecule has 0 aliphatic heterocycles. The van der Waals surface area contributed by atoms with Crippen LogP contribution in [-0.2, 0) is 28.7 Å². The fourth-order valence-electron chi connectivity index (χ4n) is 2.21. The smallest absolute Gasteiger partial charge is 0.349 e. The van der Waals surface area contributed by atoms with Crippen LogP contribution < -0.4 is 5.32 Å². The molecule has 2 N–H and O–H groups in total. The highest BCUT2D eigenvalue weighted by atomic mass is 16.6. The van der Waals surface area contributed by atoms with Crippen molar-refractivity contribution in [2.24, 2.45) is 0 Å². The fraction of sp³-hybridized carbons (Fsp3) is 0.692. The lowest BCUT2D eigenvalue weighted by Crippen LogP contribution is -2.51. The monoisotopic (exact) mass is 301 g/mol. The van der Waals surface area contributed by atoms with Crippen LogP contribution in [0.3, 0.4) is 0 Å². The minimum absolute atomic E-state index is 0.0812. The van der Waals surface area contributed by atoms with Crippen molar-refractivity contribution >= 4 is 23.8 Å². The fourth-order valence-corrected chi connectivity index (χ4v) is 2.21. The number of nitrogens with one attached hydrogen (secondary N) is 1. The summed E-state index contributed by atoms with van der Waals surface area (Å²) in [6, 6.07) is -0.0812. The van der Waals surface area contributed by atoms with Gasteiger partial charge in [-0.25, -0.2) is 4.79 Å². The minimum atomic E-state index is -1.87. The van der Waals surface area contributed by atoms with Gasteiger partial charge in [0.1, 0.15) is 0 Å². The van der Waals surface area contributed by atoms with Gasteiger partial charge in [0.2, 0.25) is 12.2 Å². The van der Waals surface area contributed by atoms with Crippen LogP contribution in [0.4, 0.5) is 0 Å².